The lowest BCUT2D eigenvalue weighted by Crippen LogP contribution is -2.30. The van der Waals surface area contributed by atoms with Gasteiger partial charge in [0.05, 0.1) is 0 Å². The number of aliphatic hydroxyl groups is 1. The van der Waals surface area contributed by atoms with Crippen LogP contribution in [-0.4, -0.2) is 40.9 Å². The van der Waals surface area contributed by atoms with E-state index in [0.29, 0.717) is 30.8 Å². The molecule has 0 aromatic rings. The van der Waals surface area contributed by atoms with Crippen LogP contribution in [0.25, 0.3) is 0 Å². The second kappa shape index (κ2) is 2.11. The third kappa shape index (κ3) is 0.894. The predicted octanol–water partition coefficient (Wildman–Crippen LogP) is -0.165. The summed E-state index contributed by atoms with van der Waals surface area (Å²) in [6.07, 6.45) is -0.825. The van der Waals surface area contributed by atoms with Crippen molar-refractivity contribution in [3.05, 3.63) is 0 Å². The topological polar surface area (TPSA) is 60.8 Å². The number of hydrogen-bond donors (Lipinski definition) is 2. The van der Waals surface area contributed by atoms with Crippen LogP contribution in [0.4, 0.5) is 4.79 Å². The molecule has 0 radical (unpaired) electrons. The SMILES string of the molecule is O=C(O)N1CC2[C@H](CO)[C@H]2C1. The Kier molecular flexibility index (Phi) is 1.32. The first kappa shape index (κ1) is 6.91. The lowest BCUT2D eigenvalue weighted by atomic mass is 10.3. The van der Waals surface area contributed by atoms with Gasteiger partial charge >= 0.3 is 6.09 Å². The van der Waals surface area contributed by atoms with Crippen LogP contribution in [0.5, 0.6) is 0 Å². The number of carboxylic acid groups (broad SMARTS) is 1. The molecule has 2 N–H and O–H groups in total. The van der Waals surface area contributed by atoms with E-state index in [1.54, 1.807) is 0 Å². The zero-order valence-corrected chi connectivity index (χ0v) is 6.10. The number of fused-ring (bicyclic) bond motifs is 1. The molecular weight excluding hydrogens is 146 g/mol. The third-order valence-corrected chi connectivity index (χ3v) is 2.85. The Bertz CT molecular complexity index is 182. The summed E-state index contributed by atoms with van der Waals surface area (Å²) in [7, 11) is 0. The van der Waals surface area contributed by atoms with Gasteiger partial charge in [0, 0.05) is 19.7 Å². The highest BCUT2D eigenvalue weighted by Gasteiger charge is 2.56. The molecule has 0 aromatic heterocycles. The van der Waals surface area contributed by atoms with Gasteiger partial charge in [-0.25, -0.2) is 4.79 Å². The molecule has 2 rings (SSSR count). The van der Waals surface area contributed by atoms with Gasteiger partial charge in [-0.05, 0) is 17.8 Å². The van der Waals surface area contributed by atoms with E-state index in [1.807, 2.05) is 0 Å². The Morgan fingerprint density at radius 3 is 2.36 bits per heavy atom. The van der Waals surface area contributed by atoms with Gasteiger partial charge in [-0.1, -0.05) is 0 Å². The van der Waals surface area contributed by atoms with E-state index in [9.17, 15) is 4.79 Å². The molecule has 1 heterocycles. The summed E-state index contributed by atoms with van der Waals surface area (Å²) in [5, 5.41) is 17.3. The molecule has 2 fully saturated rings. The number of likely N-dealkylation sites (tertiary alicyclic amines) is 1. The van der Waals surface area contributed by atoms with E-state index in [2.05, 4.69) is 0 Å². The molecule has 2 aliphatic rings. The molecule has 4 nitrogen and oxygen atoms in total. The van der Waals surface area contributed by atoms with Crippen LogP contribution >= 0.6 is 0 Å². The molecule has 0 bridgehead atoms. The van der Waals surface area contributed by atoms with E-state index < -0.39 is 6.09 Å². The minimum atomic E-state index is -0.825. The van der Waals surface area contributed by atoms with E-state index in [1.165, 1.54) is 4.90 Å². The van der Waals surface area contributed by atoms with Crippen molar-refractivity contribution in [2.45, 2.75) is 0 Å². The Labute approximate surface area is 64.4 Å². The molecule has 4 heteroatoms. The first-order chi connectivity index (χ1) is 5.24. The molecule has 1 saturated heterocycles. The van der Waals surface area contributed by atoms with Crippen LogP contribution < -0.4 is 0 Å². The minimum absolute atomic E-state index is 0.225. The molecule has 1 saturated carbocycles. The Morgan fingerprint density at radius 2 is 2.00 bits per heavy atom. The lowest BCUT2D eigenvalue weighted by molar-refractivity contribution is 0.144. The summed E-state index contributed by atoms with van der Waals surface area (Å²) in [5.74, 6) is 1.30. The van der Waals surface area contributed by atoms with Crippen molar-refractivity contribution in [2.24, 2.45) is 17.8 Å². The maximum atomic E-state index is 10.4. The number of amides is 1. The van der Waals surface area contributed by atoms with Gasteiger partial charge in [-0.15, -0.1) is 0 Å². The lowest BCUT2D eigenvalue weighted by Gasteiger charge is -2.14. The van der Waals surface area contributed by atoms with Gasteiger partial charge in [0.25, 0.3) is 0 Å². The Balaban J connectivity index is 1.89. The largest absolute Gasteiger partial charge is 0.465 e. The molecule has 1 aliphatic heterocycles. The number of nitrogens with zero attached hydrogens (tertiary/aromatic N) is 1. The number of hydrogen-bond acceptors (Lipinski definition) is 2. The van der Waals surface area contributed by atoms with E-state index >= 15 is 0 Å². The molecule has 0 spiro atoms. The van der Waals surface area contributed by atoms with Gasteiger partial charge in [-0.3, -0.25) is 0 Å². The van der Waals surface area contributed by atoms with Crippen LogP contribution in [0.1, 0.15) is 0 Å². The van der Waals surface area contributed by atoms with Crippen molar-refractivity contribution in [1.29, 1.82) is 0 Å². The second-order valence-electron chi connectivity index (χ2n) is 3.36. The maximum absolute atomic E-state index is 10.4. The Hall–Kier alpha value is -0.770. The van der Waals surface area contributed by atoms with E-state index in [4.69, 9.17) is 10.2 Å². The first-order valence-electron chi connectivity index (χ1n) is 3.82. The Morgan fingerprint density at radius 1 is 1.45 bits per heavy atom. The number of carbonyl (C=O) groups is 1. The summed E-state index contributed by atoms with van der Waals surface area (Å²) in [4.78, 5) is 11.9. The molecule has 11 heavy (non-hydrogen) atoms. The average Bonchev–Trinajstić information content (AvgIpc) is 2.41. The fourth-order valence-corrected chi connectivity index (χ4v) is 2.08. The standard InChI is InChI=1S/C7H11NO3/c9-3-6-4-1-8(7(10)11)2-5(4)6/h4-6,9H,1-3H2,(H,10,11)/t4-,5?,6+/m0/s1. The van der Waals surface area contributed by atoms with Crippen molar-refractivity contribution in [3.63, 3.8) is 0 Å². The highest BCUT2D eigenvalue weighted by Crippen LogP contribution is 2.51. The third-order valence-electron chi connectivity index (χ3n) is 2.85. The minimum Gasteiger partial charge on any atom is -0.465 e. The summed E-state index contributed by atoms with van der Waals surface area (Å²) in [6.45, 7) is 1.49. The first-order valence-corrected chi connectivity index (χ1v) is 3.82. The van der Waals surface area contributed by atoms with Gasteiger partial charge < -0.3 is 15.1 Å². The monoisotopic (exact) mass is 157 g/mol. The zero-order chi connectivity index (χ0) is 8.01. The quantitative estimate of drug-likeness (QED) is 0.555. The summed E-state index contributed by atoms with van der Waals surface area (Å²) >= 11 is 0. The van der Waals surface area contributed by atoms with Crippen molar-refractivity contribution >= 4 is 6.09 Å². The molecule has 1 unspecified atom stereocenters. The van der Waals surface area contributed by atoms with Gasteiger partial charge in [0.2, 0.25) is 0 Å². The molecule has 1 amide bonds. The van der Waals surface area contributed by atoms with Crippen LogP contribution in [-0.2, 0) is 0 Å². The second-order valence-corrected chi connectivity index (χ2v) is 3.36. The van der Waals surface area contributed by atoms with E-state index in [0.717, 1.165) is 0 Å². The van der Waals surface area contributed by atoms with Crippen LogP contribution in [0.2, 0.25) is 0 Å². The molecule has 0 aromatic carbocycles. The van der Waals surface area contributed by atoms with Crippen LogP contribution in [0.3, 0.4) is 0 Å². The van der Waals surface area contributed by atoms with Gasteiger partial charge in [0.1, 0.15) is 0 Å². The van der Waals surface area contributed by atoms with Crippen LogP contribution in [0.15, 0.2) is 0 Å². The molecular formula is C7H11NO3. The molecule has 1 aliphatic carbocycles. The molecule has 3 atom stereocenters. The highest BCUT2D eigenvalue weighted by atomic mass is 16.4. The van der Waals surface area contributed by atoms with E-state index in [-0.39, 0.29) is 6.61 Å². The average molecular weight is 157 g/mol. The van der Waals surface area contributed by atoms with Crippen molar-refractivity contribution in [3.8, 4) is 0 Å². The molecule has 62 valence electrons. The number of rotatable bonds is 1. The number of aliphatic hydroxyl groups excluding tert-OH is 1. The fourth-order valence-electron chi connectivity index (χ4n) is 2.08. The normalized spacial score (nSPS) is 40.5. The van der Waals surface area contributed by atoms with Crippen LogP contribution in [0, 0.1) is 17.8 Å². The summed E-state index contributed by atoms with van der Waals surface area (Å²) < 4.78 is 0. The number of piperidine rings is 1. The predicted molar refractivity (Wildman–Crippen MR) is 37.2 cm³/mol. The summed E-state index contributed by atoms with van der Waals surface area (Å²) in [6, 6.07) is 0. The van der Waals surface area contributed by atoms with Gasteiger partial charge in [-0.2, -0.15) is 0 Å². The summed E-state index contributed by atoms with van der Waals surface area (Å²) in [5.41, 5.74) is 0. The van der Waals surface area contributed by atoms with Crippen molar-refractivity contribution in [1.82, 2.24) is 4.90 Å². The van der Waals surface area contributed by atoms with Crippen molar-refractivity contribution < 1.29 is 15.0 Å². The smallest absolute Gasteiger partial charge is 0.407 e. The highest BCUT2D eigenvalue weighted by molar-refractivity contribution is 5.65. The maximum Gasteiger partial charge on any atom is 0.407 e. The van der Waals surface area contributed by atoms with Gasteiger partial charge in [0.15, 0.2) is 0 Å². The fraction of sp³-hybridized carbons (Fsp3) is 0.857. The van der Waals surface area contributed by atoms with Crippen molar-refractivity contribution in [2.75, 3.05) is 19.7 Å². The zero-order valence-electron chi connectivity index (χ0n) is 6.10.